The van der Waals surface area contributed by atoms with Gasteiger partial charge in [-0.1, -0.05) is 19.1 Å². The quantitative estimate of drug-likeness (QED) is 0.774. The smallest absolute Gasteiger partial charge is 0.248 e. The Morgan fingerprint density at radius 2 is 2.11 bits per heavy atom. The van der Waals surface area contributed by atoms with Crippen molar-refractivity contribution in [2.24, 2.45) is 0 Å². The summed E-state index contributed by atoms with van der Waals surface area (Å²) in [6, 6.07) is 9.79. The van der Waals surface area contributed by atoms with Crippen molar-refractivity contribution >= 4 is 10.9 Å². The Morgan fingerprint density at radius 3 is 3.00 bits per heavy atom. The second-order valence-corrected chi connectivity index (χ2v) is 4.16. The lowest BCUT2D eigenvalue weighted by Crippen LogP contribution is -2.11. The second kappa shape index (κ2) is 5.16. The molecular weight excluding hydrogens is 240 g/mol. The van der Waals surface area contributed by atoms with Gasteiger partial charge in [-0.2, -0.15) is 0 Å². The van der Waals surface area contributed by atoms with Gasteiger partial charge in [0.2, 0.25) is 11.8 Å². The molecular formula is C14H14N4O. The van der Waals surface area contributed by atoms with Gasteiger partial charge in [0.05, 0.1) is 12.1 Å². The van der Waals surface area contributed by atoms with Crippen LogP contribution in [0.15, 0.2) is 40.9 Å². The molecule has 0 saturated heterocycles. The van der Waals surface area contributed by atoms with Crippen LogP contribution in [0.1, 0.15) is 12.8 Å². The fourth-order valence-electron chi connectivity index (χ4n) is 1.96. The average Bonchev–Trinajstić information content (AvgIpc) is 2.93. The van der Waals surface area contributed by atoms with Crippen molar-refractivity contribution in [3.8, 4) is 11.5 Å². The molecule has 5 nitrogen and oxygen atoms in total. The van der Waals surface area contributed by atoms with Gasteiger partial charge in [0.25, 0.3) is 0 Å². The van der Waals surface area contributed by atoms with Crippen LogP contribution in [-0.4, -0.2) is 21.7 Å². The predicted octanol–water partition coefficient (Wildman–Crippen LogP) is 2.39. The average molecular weight is 254 g/mol. The summed E-state index contributed by atoms with van der Waals surface area (Å²) in [5.74, 6) is 1.13. The number of benzene rings is 1. The zero-order valence-electron chi connectivity index (χ0n) is 10.6. The fourth-order valence-corrected chi connectivity index (χ4v) is 1.96. The number of hydrogen-bond donors (Lipinski definition) is 1. The highest BCUT2D eigenvalue weighted by atomic mass is 16.4. The molecule has 0 amide bonds. The van der Waals surface area contributed by atoms with E-state index >= 15 is 0 Å². The van der Waals surface area contributed by atoms with E-state index in [1.807, 2.05) is 37.3 Å². The van der Waals surface area contributed by atoms with Crippen LogP contribution in [0.3, 0.4) is 0 Å². The van der Waals surface area contributed by atoms with Crippen molar-refractivity contribution < 1.29 is 4.42 Å². The summed E-state index contributed by atoms with van der Waals surface area (Å²) in [6.07, 6.45) is 1.77. The van der Waals surface area contributed by atoms with Crippen LogP contribution >= 0.6 is 0 Å². The maximum atomic E-state index is 5.67. The summed E-state index contributed by atoms with van der Waals surface area (Å²) < 4.78 is 5.67. The molecule has 0 fully saturated rings. The zero-order chi connectivity index (χ0) is 13.1. The van der Waals surface area contributed by atoms with E-state index in [9.17, 15) is 0 Å². The number of aromatic nitrogens is 3. The van der Waals surface area contributed by atoms with Crippen LogP contribution in [0.2, 0.25) is 0 Å². The SMILES string of the molecule is CCNCc1nnc(-c2cccc3ncccc23)o1. The van der Waals surface area contributed by atoms with Gasteiger partial charge >= 0.3 is 0 Å². The van der Waals surface area contributed by atoms with Gasteiger partial charge < -0.3 is 9.73 Å². The third-order valence-electron chi connectivity index (χ3n) is 2.87. The molecule has 5 heteroatoms. The first kappa shape index (κ1) is 11.8. The molecule has 2 heterocycles. The van der Waals surface area contributed by atoms with Gasteiger partial charge in [-0.25, -0.2) is 0 Å². The van der Waals surface area contributed by atoms with Crippen LogP contribution < -0.4 is 5.32 Å². The van der Waals surface area contributed by atoms with Crippen LogP contribution in [0.5, 0.6) is 0 Å². The van der Waals surface area contributed by atoms with Crippen LogP contribution in [0.25, 0.3) is 22.4 Å². The van der Waals surface area contributed by atoms with Gasteiger partial charge in [0, 0.05) is 17.1 Å². The van der Waals surface area contributed by atoms with Gasteiger partial charge in [0.1, 0.15) is 0 Å². The monoisotopic (exact) mass is 254 g/mol. The molecule has 0 aliphatic heterocycles. The molecule has 0 aliphatic rings. The number of hydrogen-bond acceptors (Lipinski definition) is 5. The summed E-state index contributed by atoms with van der Waals surface area (Å²) in [7, 11) is 0. The molecule has 0 radical (unpaired) electrons. The predicted molar refractivity (Wildman–Crippen MR) is 72.4 cm³/mol. The highest BCUT2D eigenvalue weighted by molar-refractivity contribution is 5.92. The third kappa shape index (κ3) is 2.32. The van der Waals surface area contributed by atoms with E-state index in [-0.39, 0.29) is 0 Å². The Bertz CT molecular complexity index is 687. The third-order valence-corrected chi connectivity index (χ3v) is 2.87. The summed E-state index contributed by atoms with van der Waals surface area (Å²) in [6.45, 7) is 3.50. The molecule has 0 atom stereocenters. The van der Waals surface area contributed by atoms with Crippen molar-refractivity contribution in [2.75, 3.05) is 6.54 Å². The zero-order valence-corrected chi connectivity index (χ0v) is 10.6. The van der Waals surface area contributed by atoms with E-state index in [0.717, 1.165) is 23.0 Å². The molecule has 0 saturated carbocycles. The van der Waals surface area contributed by atoms with Crippen molar-refractivity contribution in [1.82, 2.24) is 20.5 Å². The lowest BCUT2D eigenvalue weighted by atomic mass is 10.1. The fraction of sp³-hybridized carbons (Fsp3) is 0.214. The van der Waals surface area contributed by atoms with Gasteiger partial charge in [-0.15, -0.1) is 10.2 Å². The molecule has 19 heavy (non-hydrogen) atoms. The van der Waals surface area contributed by atoms with E-state index in [0.29, 0.717) is 18.3 Å². The number of pyridine rings is 1. The molecule has 0 aliphatic carbocycles. The summed E-state index contributed by atoms with van der Waals surface area (Å²) in [4.78, 5) is 4.32. The summed E-state index contributed by atoms with van der Waals surface area (Å²) >= 11 is 0. The molecule has 0 unspecified atom stereocenters. The minimum Gasteiger partial charge on any atom is -0.419 e. The number of nitrogens with zero attached hydrogens (tertiary/aromatic N) is 3. The molecule has 1 aromatic carbocycles. The highest BCUT2D eigenvalue weighted by Gasteiger charge is 2.11. The first-order valence-corrected chi connectivity index (χ1v) is 6.25. The van der Waals surface area contributed by atoms with Crippen molar-refractivity contribution in [2.45, 2.75) is 13.5 Å². The van der Waals surface area contributed by atoms with Gasteiger partial charge in [-0.05, 0) is 24.7 Å². The standard InChI is InChI=1S/C14H14N4O/c1-2-15-9-13-17-18-14(19-13)11-5-3-7-12-10(11)6-4-8-16-12/h3-8,15H,2,9H2,1H3. The maximum absolute atomic E-state index is 5.67. The highest BCUT2D eigenvalue weighted by Crippen LogP contribution is 2.26. The van der Waals surface area contributed by atoms with Gasteiger partial charge in [-0.3, -0.25) is 4.98 Å². The topological polar surface area (TPSA) is 63.8 Å². The lowest BCUT2D eigenvalue weighted by Gasteiger charge is -2.01. The molecule has 0 spiro atoms. The van der Waals surface area contributed by atoms with Crippen molar-refractivity contribution in [3.63, 3.8) is 0 Å². The molecule has 2 aromatic heterocycles. The number of fused-ring (bicyclic) bond motifs is 1. The number of rotatable bonds is 4. The summed E-state index contributed by atoms with van der Waals surface area (Å²) in [5, 5.41) is 12.3. The van der Waals surface area contributed by atoms with Crippen molar-refractivity contribution in [3.05, 3.63) is 42.4 Å². The molecule has 0 bridgehead atoms. The minimum atomic E-state index is 0.534. The van der Waals surface area contributed by atoms with E-state index < -0.39 is 0 Å². The Balaban J connectivity index is 2.02. The first-order chi connectivity index (χ1) is 9.38. The summed E-state index contributed by atoms with van der Waals surface area (Å²) in [5.41, 5.74) is 1.84. The van der Waals surface area contributed by atoms with E-state index in [2.05, 4.69) is 20.5 Å². The Labute approximate surface area is 110 Å². The molecule has 3 rings (SSSR count). The van der Waals surface area contributed by atoms with Crippen LogP contribution in [-0.2, 0) is 6.54 Å². The molecule has 3 aromatic rings. The Hall–Kier alpha value is -2.27. The number of nitrogens with one attached hydrogen (secondary N) is 1. The lowest BCUT2D eigenvalue weighted by molar-refractivity contribution is 0.482. The maximum Gasteiger partial charge on any atom is 0.248 e. The van der Waals surface area contributed by atoms with Crippen LogP contribution in [0.4, 0.5) is 0 Å². The van der Waals surface area contributed by atoms with Gasteiger partial charge in [0.15, 0.2) is 0 Å². The van der Waals surface area contributed by atoms with E-state index in [4.69, 9.17) is 4.42 Å². The van der Waals surface area contributed by atoms with E-state index in [1.54, 1.807) is 6.20 Å². The Morgan fingerprint density at radius 1 is 1.16 bits per heavy atom. The van der Waals surface area contributed by atoms with Crippen molar-refractivity contribution in [1.29, 1.82) is 0 Å². The first-order valence-electron chi connectivity index (χ1n) is 6.25. The Kier molecular flexibility index (Phi) is 3.20. The molecule has 96 valence electrons. The largest absolute Gasteiger partial charge is 0.419 e. The minimum absolute atomic E-state index is 0.534. The molecule has 1 N–H and O–H groups in total. The van der Waals surface area contributed by atoms with E-state index in [1.165, 1.54) is 0 Å². The normalized spacial score (nSPS) is 11.0. The second-order valence-electron chi connectivity index (χ2n) is 4.16. The van der Waals surface area contributed by atoms with Crippen LogP contribution in [0, 0.1) is 0 Å².